The van der Waals surface area contributed by atoms with Crippen LogP contribution in [0.15, 0.2) is 53.8 Å². The Labute approximate surface area is 187 Å². The van der Waals surface area contributed by atoms with E-state index in [1.807, 2.05) is 11.0 Å². The number of fused-ring (bicyclic) bond motifs is 1. The van der Waals surface area contributed by atoms with Crippen molar-refractivity contribution in [1.82, 2.24) is 20.6 Å². The van der Waals surface area contributed by atoms with Gasteiger partial charge in [0, 0.05) is 56.0 Å². The Kier molecular flexibility index (Phi) is 7.29. The Hall–Kier alpha value is -2.36. The zero-order chi connectivity index (χ0) is 19.3. The molecule has 3 N–H and O–H groups in total. The fourth-order valence-corrected chi connectivity index (χ4v) is 3.72. The molecule has 0 aliphatic carbocycles. The van der Waals surface area contributed by atoms with Crippen LogP contribution in [0, 0.1) is 5.82 Å². The fraction of sp³-hybridized carbons (Fsp3) is 0.333. The number of halogens is 2. The van der Waals surface area contributed by atoms with Gasteiger partial charge in [0.1, 0.15) is 0 Å². The first-order valence-corrected chi connectivity index (χ1v) is 9.62. The average Bonchev–Trinajstić information content (AvgIpc) is 3.35. The molecule has 2 aromatic heterocycles. The molecule has 0 radical (unpaired) electrons. The summed E-state index contributed by atoms with van der Waals surface area (Å²) in [6.07, 6.45) is 5.52. The summed E-state index contributed by atoms with van der Waals surface area (Å²) in [4.78, 5) is 13.8. The molecule has 0 spiro atoms. The Balaban J connectivity index is 0.00000240. The molecule has 0 amide bonds. The quantitative estimate of drug-likeness (QED) is 0.281. The van der Waals surface area contributed by atoms with Crippen molar-refractivity contribution in [3.8, 4) is 0 Å². The fourth-order valence-electron chi connectivity index (χ4n) is 3.72. The maximum absolute atomic E-state index is 13.9. The third kappa shape index (κ3) is 4.98. The Bertz CT molecular complexity index is 972. The normalized spacial score (nSPS) is 16.7. The summed E-state index contributed by atoms with van der Waals surface area (Å²) < 4.78 is 13.9. The van der Waals surface area contributed by atoms with Gasteiger partial charge in [0.25, 0.3) is 0 Å². The third-order valence-electron chi connectivity index (χ3n) is 5.15. The van der Waals surface area contributed by atoms with Gasteiger partial charge in [0.05, 0.1) is 0 Å². The van der Waals surface area contributed by atoms with Crippen LogP contribution in [0.4, 0.5) is 10.2 Å². The van der Waals surface area contributed by atoms with Crippen LogP contribution in [0.5, 0.6) is 0 Å². The summed E-state index contributed by atoms with van der Waals surface area (Å²) in [5.41, 5.74) is 2.45. The van der Waals surface area contributed by atoms with Gasteiger partial charge < -0.3 is 20.5 Å². The van der Waals surface area contributed by atoms with Crippen molar-refractivity contribution in [3.05, 3.63) is 60.2 Å². The number of aliphatic imine (C=N–C) groups is 1. The van der Waals surface area contributed by atoms with E-state index in [2.05, 4.69) is 50.0 Å². The second-order valence-corrected chi connectivity index (χ2v) is 6.99. The summed E-state index contributed by atoms with van der Waals surface area (Å²) in [5.74, 6) is 0.923. The minimum atomic E-state index is -0.274. The van der Waals surface area contributed by atoms with Crippen LogP contribution in [0.25, 0.3) is 10.9 Å². The topological polar surface area (TPSA) is 68.3 Å². The highest BCUT2D eigenvalue weighted by molar-refractivity contribution is 14.0. The summed E-state index contributed by atoms with van der Waals surface area (Å²) in [5, 5.41) is 8.08. The lowest BCUT2D eigenvalue weighted by Gasteiger charge is -2.20. The number of pyridine rings is 1. The van der Waals surface area contributed by atoms with Crippen LogP contribution in [-0.4, -0.2) is 48.7 Å². The zero-order valence-corrected chi connectivity index (χ0v) is 18.7. The van der Waals surface area contributed by atoms with Crippen molar-refractivity contribution < 1.29 is 4.39 Å². The molecule has 154 valence electrons. The third-order valence-corrected chi connectivity index (χ3v) is 5.15. The Morgan fingerprint density at radius 3 is 3.00 bits per heavy atom. The van der Waals surface area contributed by atoms with Crippen molar-refractivity contribution in [2.24, 2.45) is 4.99 Å². The van der Waals surface area contributed by atoms with Crippen molar-refractivity contribution in [3.63, 3.8) is 0 Å². The summed E-state index contributed by atoms with van der Waals surface area (Å²) in [6, 6.07) is 11.6. The molecule has 6 nitrogen and oxygen atoms in total. The number of benzene rings is 1. The second kappa shape index (κ2) is 9.91. The molecule has 0 bridgehead atoms. The molecule has 29 heavy (non-hydrogen) atoms. The summed E-state index contributed by atoms with van der Waals surface area (Å²) in [7, 11) is 1.77. The molecule has 1 aromatic carbocycles. The predicted molar refractivity (Wildman–Crippen MR) is 127 cm³/mol. The molecule has 1 unspecified atom stereocenters. The maximum Gasteiger partial charge on any atom is 0.191 e. The molecule has 1 saturated heterocycles. The molecule has 3 aromatic rings. The minimum absolute atomic E-state index is 0. The van der Waals surface area contributed by atoms with E-state index in [9.17, 15) is 4.39 Å². The average molecular weight is 508 g/mol. The van der Waals surface area contributed by atoms with E-state index in [0.29, 0.717) is 12.4 Å². The number of nitrogens with zero attached hydrogens (tertiary/aromatic N) is 3. The number of nitrogens with one attached hydrogen (secondary N) is 3. The van der Waals surface area contributed by atoms with E-state index >= 15 is 0 Å². The first-order chi connectivity index (χ1) is 13.7. The predicted octanol–water partition coefficient (Wildman–Crippen LogP) is 3.31. The van der Waals surface area contributed by atoms with Gasteiger partial charge in [-0.25, -0.2) is 9.37 Å². The number of anilines is 1. The van der Waals surface area contributed by atoms with Crippen molar-refractivity contribution in [2.75, 3.05) is 31.6 Å². The SMILES string of the molecule is CN=C(NCCc1c[nH]c2ccccc12)NC1CCN(c2ncccc2F)C1.I. The van der Waals surface area contributed by atoms with Gasteiger partial charge in [-0.05, 0) is 36.6 Å². The van der Waals surface area contributed by atoms with Crippen LogP contribution in [0.3, 0.4) is 0 Å². The van der Waals surface area contributed by atoms with Gasteiger partial charge in [-0.2, -0.15) is 0 Å². The number of hydrogen-bond acceptors (Lipinski definition) is 3. The van der Waals surface area contributed by atoms with E-state index in [1.54, 1.807) is 19.3 Å². The molecule has 1 fully saturated rings. The van der Waals surface area contributed by atoms with E-state index in [-0.39, 0.29) is 35.8 Å². The van der Waals surface area contributed by atoms with Gasteiger partial charge in [0.2, 0.25) is 0 Å². The van der Waals surface area contributed by atoms with Crippen molar-refractivity contribution in [2.45, 2.75) is 18.9 Å². The molecule has 1 aliphatic heterocycles. The van der Waals surface area contributed by atoms with Gasteiger partial charge in [-0.1, -0.05) is 18.2 Å². The molecule has 3 heterocycles. The lowest BCUT2D eigenvalue weighted by atomic mass is 10.1. The van der Waals surface area contributed by atoms with Crippen LogP contribution < -0.4 is 15.5 Å². The van der Waals surface area contributed by atoms with Crippen LogP contribution in [-0.2, 0) is 6.42 Å². The number of rotatable bonds is 5. The van der Waals surface area contributed by atoms with Crippen LogP contribution in [0.1, 0.15) is 12.0 Å². The molecular formula is C21H26FIN6. The van der Waals surface area contributed by atoms with E-state index < -0.39 is 0 Å². The van der Waals surface area contributed by atoms with Crippen molar-refractivity contribution >= 4 is 46.7 Å². The summed E-state index contributed by atoms with van der Waals surface area (Å²) >= 11 is 0. The van der Waals surface area contributed by atoms with Crippen LogP contribution >= 0.6 is 24.0 Å². The largest absolute Gasteiger partial charge is 0.361 e. The molecule has 8 heteroatoms. The number of aromatic nitrogens is 2. The smallest absolute Gasteiger partial charge is 0.191 e. The molecule has 0 saturated carbocycles. The monoisotopic (exact) mass is 508 g/mol. The standard InChI is InChI=1S/C21H25FN6.HI/c1-23-21(25-11-8-15-13-26-19-7-3-2-5-17(15)19)27-16-9-12-28(14-16)20-18(22)6-4-10-24-20;/h2-7,10,13,16,26H,8-9,11-12,14H2,1H3,(H2,23,25,27);1H. The Morgan fingerprint density at radius 1 is 1.31 bits per heavy atom. The lowest BCUT2D eigenvalue weighted by Crippen LogP contribution is -2.45. The van der Waals surface area contributed by atoms with Crippen molar-refractivity contribution in [1.29, 1.82) is 0 Å². The first kappa shape index (κ1) is 21.4. The Morgan fingerprint density at radius 2 is 2.17 bits per heavy atom. The minimum Gasteiger partial charge on any atom is -0.361 e. The molecule has 1 aliphatic rings. The number of hydrogen-bond donors (Lipinski definition) is 3. The molecule has 4 rings (SSSR count). The van der Waals surface area contributed by atoms with Gasteiger partial charge >= 0.3 is 0 Å². The first-order valence-electron chi connectivity index (χ1n) is 9.62. The number of aromatic amines is 1. The van der Waals surface area contributed by atoms with Gasteiger partial charge in [0.15, 0.2) is 17.6 Å². The summed E-state index contributed by atoms with van der Waals surface area (Å²) in [6.45, 7) is 2.27. The van der Waals surface area contributed by atoms with Gasteiger partial charge in [-0.15, -0.1) is 24.0 Å². The maximum atomic E-state index is 13.9. The molecular weight excluding hydrogens is 482 g/mol. The zero-order valence-electron chi connectivity index (χ0n) is 16.4. The van der Waals surface area contributed by atoms with E-state index in [0.717, 1.165) is 37.4 Å². The number of H-pyrrole nitrogens is 1. The second-order valence-electron chi connectivity index (χ2n) is 6.99. The molecule has 1 atom stereocenters. The number of para-hydroxylation sites is 1. The van der Waals surface area contributed by atoms with E-state index in [1.165, 1.54) is 17.0 Å². The van der Waals surface area contributed by atoms with E-state index in [4.69, 9.17) is 0 Å². The highest BCUT2D eigenvalue weighted by Gasteiger charge is 2.25. The highest BCUT2D eigenvalue weighted by atomic mass is 127. The lowest BCUT2D eigenvalue weighted by molar-refractivity contribution is 0.612. The van der Waals surface area contributed by atoms with Gasteiger partial charge in [-0.3, -0.25) is 4.99 Å². The number of guanidine groups is 1. The van der Waals surface area contributed by atoms with Crippen LogP contribution in [0.2, 0.25) is 0 Å². The highest BCUT2D eigenvalue weighted by Crippen LogP contribution is 2.21.